The maximum absolute atomic E-state index is 5.54. The van der Waals surface area contributed by atoms with Crippen molar-refractivity contribution in [1.82, 2.24) is 4.98 Å². The van der Waals surface area contributed by atoms with Crippen LogP contribution in [-0.2, 0) is 0 Å². The summed E-state index contributed by atoms with van der Waals surface area (Å²) in [6.07, 6.45) is 6.93. The van der Waals surface area contributed by atoms with E-state index in [9.17, 15) is 0 Å². The number of allylic oxidation sites excluding steroid dienone is 4. The number of anilines is 1. The van der Waals surface area contributed by atoms with Gasteiger partial charge in [0.25, 0.3) is 0 Å². The number of hydrogen-bond donors (Lipinski definition) is 1. The minimum atomic E-state index is 0.710. The molecule has 0 atom stereocenters. The molecule has 0 saturated heterocycles. The Hall–Kier alpha value is -1.35. The first kappa shape index (κ1) is 12.7. The van der Waals surface area contributed by atoms with Crippen molar-refractivity contribution in [2.75, 3.05) is 5.73 Å². The van der Waals surface area contributed by atoms with E-state index >= 15 is 0 Å². The van der Waals surface area contributed by atoms with Crippen molar-refractivity contribution in [2.45, 2.75) is 13.8 Å². The molecule has 0 aliphatic rings. The summed E-state index contributed by atoms with van der Waals surface area (Å²) in [5, 5.41) is 1.59. The van der Waals surface area contributed by atoms with E-state index in [2.05, 4.69) is 18.1 Å². The van der Waals surface area contributed by atoms with Gasteiger partial charge >= 0.3 is 0 Å². The Morgan fingerprint density at radius 3 is 2.50 bits per heavy atom. The van der Waals surface area contributed by atoms with Crippen molar-refractivity contribution in [1.29, 1.82) is 0 Å². The maximum atomic E-state index is 5.54. The van der Waals surface area contributed by atoms with Crippen LogP contribution in [0.25, 0.3) is 5.57 Å². The van der Waals surface area contributed by atoms with Crippen LogP contribution in [0, 0.1) is 0 Å². The second kappa shape index (κ2) is 7.09. The van der Waals surface area contributed by atoms with Crippen molar-refractivity contribution in [3.8, 4) is 0 Å². The van der Waals surface area contributed by atoms with Crippen molar-refractivity contribution in [3.63, 3.8) is 0 Å². The van der Waals surface area contributed by atoms with Gasteiger partial charge in [-0.25, -0.2) is 4.98 Å². The second-order valence-electron chi connectivity index (χ2n) is 2.13. The van der Waals surface area contributed by atoms with Crippen molar-refractivity contribution in [3.05, 3.63) is 42.6 Å². The molecule has 1 heterocycles. The third-order valence-corrected chi connectivity index (χ3v) is 2.16. The summed E-state index contributed by atoms with van der Waals surface area (Å²) in [7, 11) is 0. The van der Waals surface area contributed by atoms with Gasteiger partial charge in [0.05, 0.1) is 6.20 Å². The van der Waals surface area contributed by atoms with E-state index in [4.69, 9.17) is 5.73 Å². The molecule has 0 radical (unpaired) electrons. The van der Waals surface area contributed by atoms with Crippen LogP contribution in [0.5, 0.6) is 0 Å². The van der Waals surface area contributed by atoms with Gasteiger partial charge in [-0.3, -0.25) is 0 Å². The van der Waals surface area contributed by atoms with Crippen LogP contribution in [0.15, 0.2) is 37.6 Å². The number of aromatic nitrogens is 1. The molecular formula is C11H16N2S. The lowest BCUT2D eigenvalue weighted by Crippen LogP contribution is -1.75. The van der Waals surface area contributed by atoms with Crippen LogP contribution >= 0.6 is 11.3 Å². The number of nitrogens with zero attached hydrogens (tertiary/aromatic N) is 1. The Bertz CT molecular complexity index is 324. The SMILES string of the molecule is C=C/C=C(\C=C)c1ncc(N)s1.CC. The van der Waals surface area contributed by atoms with Gasteiger partial charge in [-0.1, -0.05) is 56.6 Å². The van der Waals surface area contributed by atoms with Gasteiger partial charge in [0.1, 0.15) is 10.0 Å². The van der Waals surface area contributed by atoms with Gasteiger partial charge < -0.3 is 5.73 Å². The zero-order valence-electron chi connectivity index (χ0n) is 8.66. The molecule has 3 heteroatoms. The summed E-state index contributed by atoms with van der Waals surface area (Å²) in [6.45, 7) is 11.3. The number of rotatable bonds is 3. The average Bonchev–Trinajstić information content (AvgIpc) is 2.64. The largest absolute Gasteiger partial charge is 0.389 e. The van der Waals surface area contributed by atoms with Crippen LogP contribution < -0.4 is 5.73 Å². The van der Waals surface area contributed by atoms with Crippen molar-refractivity contribution in [2.24, 2.45) is 0 Å². The molecule has 0 bridgehead atoms. The normalized spacial score (nSPS) is 10.0. The Balaban J connectivity index is 0.000000791. The molecule has 1 aromatic rings. The Morgan fingerprint density at radius 1 is 1.50 bits per heavy atom. The molecule has 0 amide bonds. The fourth-order valence-corrected chi connectivity index (χ4v) is 1.48. The van der Waals surface area contributed by atoms with E-state index in [-0.39, 0.29) is 0 Å². The van der Waals surface area contributed by atoms with E-state index in [1.165, 1.54) is 11.3 Å². The van der Waals surface area contributed by atoms with Gasteiger partial charge in [-0.15, -0.1) is 0 Å². The standard InChI is InChI=1S/C9H10N2S.C2H6/c1-3-5-7(4-2)9-11-6-8(10)12-9;1-2/h3-6H,1-2,10H2;1-2H3/b7-5+;. The van der Waals surface area contributed by atoms with Crippen LogP contribution in [0.2, 0.25) is 0 Å². The Labute approximate surface area is 89.5 Å². The highest BCUT2D eigenvalue weighted by atomic mass is 32.1. The van der Waals surface area contributed by atoms with E-state index < -0.39 is 0 Å². The highest BCUT2D eigenvalue weighted by Gasteiger charge is 2.00. The zero-order chi connectivity index (χ0) is 11.0. The third-order valence-electron chi connectivity index (χ3n) is 1.29. The minimum absolute atomic E-state index is 0.710. The summed E-state index contributed by atoms with van der Waals surface area (Å²) in [4.78, 5) is 4.11. The number of thiazole rings is 1. The summed E-state index contributed by atoms with van der Waals surface area (Å²) in [5.41, 5.74) is 6.49. The molecule has 0 aromatic carbocycles. The fraction of sp³-hybridized carbons (Fsp3) is 0.182. The number of nitrogen functional groups attached to an aromatic ring is 1. The van der Waals surface area contributed by atoms with Gasteiger partial charge in [-0.05, 0) is 0 Å². The lowest BCUT2D eigenvalue weighted by molar-refractivity contribution is 1.38. The molecule has 0 saturated carbocycles. The molecule has 1 rings (SSSR count). The molecule has 2 nitrogen and oxygen atoms in total. The highest BCUT2D eigenvalue weighted by molar-refractivity contribution is 7.16. The number of hydrogen-bond acceptors (Lipinski definition) is 3. The first-order chi connectivity index (χ1) is 6.77. The summed E-state index contributed by atoms with van der Waals surface area (Å²) in [5.74, 6) is 0. The molecular weight excluding hydrogens is 192 g/mol. The van der Waals surface area contributed by atoms with Gasteiger partial charge in [-0.2, -0.15) is 0 Å². The average molecular weight is 208 g/mol. The first-order valence-corrected chi connectivity index (χ1v) is 5.26. The maximum Gasteiger partial charge on any atom is 0.125 e. The molecule has 0 aliphatic carbocycles. The molecule has 0 unspecified atom stereocenters. The van der Waals surface area contributed by atoms with Gasteiger partial charge in [0.15, 0.2) is 0 Å². The highest BCUT2D eigenvalue weighted by Crippen LogP contribution is 2.23. The van der Waals surface area contributed by atoms with E-state index in [0.717, 1.165) is 10.6 Å². The van der Waals surface area contributed by atoms with E-state index in [0.29, 0.717) is 5.00 Å². The Morgan fingerprint density at radius 2 is 2.14 bits per heavy atom. The van der Waals surface area contributed by atoms with Gasteiger partial charge in [0, 0.05) is 5.57 Å². The van der Waals surface area contributed by atoms with Crippen LogP contribution in [0.3, 0.4) is 0 Å². The van der Waals surface area contributed by atoms with Crippen LogP contribution in [-0.4, -0.2) is 4.98 Å². The van der Waals surface area contributed by atoms with Gasteiger partial charge in [0.2, 0.25) is 0 Å². The zero-order valence-corrected chi connectivity index (χ0v) is 9.47. The van der Waals surface area contributed by atoms with Crippen molar-refractivity contribution >= 4 is 21.9 Å². The summed E-state index contributed by atoms with van der Waals surface area (Å²) in [6, 6.07) is 0. The molecule has 2 N–H and O–H groups in total. The summed E-state index contributed by atoms with van der Waals surface area (Å²) < 4.78 is 0. The van der Waals surface area contributed by atoms with E-state index in [1.807, 2.05) is 19.9 Å². The first-order valence-electron chi connectivity index (χ1n) is 4.44. The van der Waals surface area contributed by atoms with Crippen LogP contribution in [0.1, 0.15) is 18.9 Å². The quantitative estimate of drug-likeness (QED) is 0.772. The second-order valence-corrected chi connectivity index (χ2v) is 3.19. The van der Waals surface area contributed by atoms with Crippen LogP contribution in [0.4, 0.5) is 5.00 Å². The Kier molecular flexibility index (Phi) is 6.41. The topological polar surface area (TPSA) is 38.9 Å². The fourth-order valence-electron chi connectivity index (χ4n) is 0.774. The molecule has 1 aromatic heterocycles. The lowest BCUT2D eigenvalue weighted by Gasteiger charge is -1.91. The lowest BCUT2D eigenvalue weighted by atomic mass is 10.2. The van der Waals surface area contributed by atoms with Crippen molar-refractivity contribution < 1.29 is 0 Å². The smallest absolute Gasteiger partial charge is 0.125 e. The van der Waals surface area contributed by atoms with E-state index in [1.54, 1.807) is 18.3 Å². The molecule has 0 spiro atoms. The summed E-state index contributed by atoms with van der Waals surface area (Å²) >= 11 is 1.44. The molecule has 14 heavy (non-hydrogen) atoms. The molecule has 0 fully saturated rings. The monoisotopic (exact) mass is 208 g/mol. The third kappa shape index (κ3) is 3.58. The molecule has 0 aliphatic heterocycles. The predicted octanol–water partition coefficient (Wildman–Crippen LogP) is 3.51. The predicted molar refractivity (Wildman–Crippen MR) is 66.2 cm³/mol. The molecule has 76 valence electrons. The number of nitrogens with two attached hydrogens (primary N) is 1. The minimum Gasteiger partial charge on any atom is -0.389 e.